The van der Waals surface area contributed by atoms with Crippen molar-refractivity contribution in [2.45, 2.75) is 19.4 Å². The van der Waals surface area contributed by atoms with Crippen LogP contribution in [0.2, 0.25) is 0 Å². The van der Waals surface area contributed by atoms with Crippen LogP contribution in [0.25, 0.3) is 5.57 Å². The highest BCUT2D eigenvalue weighted by atomic mass is 16.5. The minimum atomic E-state index is -0.302. The van der Waals surface area contributed by atoms with Crippen molar-refractivity contribution in [2.75, 3.05) is 18.6 Å². The SMILES string of the molecule is COc1ccc(C2=C(N3CCCc4ccccc43)C(=O)N(Cc3ccccn3)C2=O)cc1. The molecule has 0 radical (unpaired) electrons. The first-order chi connectivity index (χ1) is 15.7. The van der Waals surface area contributed by atoms with Crippen LogP contribution >= 0.6 is 0 Å². The molecule has 2 amide bonds. The number of para-hydroxylation sites is 1. The quantitative estimate of drug-likeness (QED) is 0.582. The van der Waals surface area contributed by atoms with Crippen LogP contribution in [0.5, 0.6) is 5.75 Å². The topological polar surface area (TPSA) is 62.7 Å². The first-order valence-electron chi connectivity index (χ1n) is 10.7. The highest BCUT2D eigenvalue weighted by Gasteiger charge is 2.42. The molecule has 6 nitrogen and oxygen atoms in total. The zero-order chi connectivity index (χ0) is 22.1. The maximum Gasteiger partial charge on any atom is 0.278 e. The number of ether oxygens (including phenoxy) is 1. The van der Waals surface area contributed by atoms with Crippen molar-refractivity contribution in [3.63, 3.8) is 0 Å². The maximum absolute atomic E-state index is 13.7. The number of aromatic nitrogens is 1. The number of hydrogen-bond donors (Lipinski definition) is 0. The molecule has 0 fully saturated rings. The smallest absolute Gasteiger partial charge is 0.278 e. The number of fused-ring (bicyclic) bond motifs is 1. The van der Waals surface area contributed by atoms with Crippen LogP contribution in [-0.2, 0) is 22.6 Å². The fourth-order valence-corrected chi connectivity index (χ4v) is 4.39. The molecule has 2 aliphatic heterocycles. The van der Waals surface area contributed by atoms with E-state index in [1.54, 1.807) is 13.3 Å². The third-order valence-corrected chi connectivity index (χ3v) is 5.95. The number of hydrogen-bond acceptors (Lipinski definition) is 5. The third kappa shape index (κ3) is 3.43. The van der Waals surface area contributed by atoms with Gasteiger partial charge in [-0.3, -0.25) is 19.5 Å². The second kappa shape index (κ2) is 8.30. The number of carbonyl (C=O) groups excluding carboxylic acids is 2. The summed E-state index contributed by atoms with van der Waals surface area (Å²) in [5.74, 6) is 0.105. The average Bonchev–Trinajstić information content (AvgIpc) is 3.09. The van der Waals surface area contributed by atoms with Gasteiger partial charge in [-0.2, -0.15) is 0 Å². The van der Waals surface area contributed by atoms with Crippen LogP contribution in [0.3, 0.4) is 0 Å². The zero-order valence-electron chi connectivity index (χ0n) is 17.8. The molecular formula is C26H23N3O3. The van der Waals surface area contributed by atoms with Gasteiger partial charge in [0.25, 0.3) is 11.8 Å². The number of aryl methyl sites for hydroxylation is 1. The average molecular weight is 425 g/mol. The zero-order valence-corrected chi connectivity index (χ0v) is 17.8. The van der Waals surface area contributed by atoms with Gasteiger partial charge in [-0.25, -0.2) is 0 Å². The standard InChI is InChI=1S/C26H23N3O3/c1-32-21-13-11-19(12-14-21)23-24(28-16-6-8-18-7-2-3-10-22(18)28)26(31)29(25(23)30)17-20-9-4-5-15-27-20/h2-5,7,9-15H,6,8,16-17H2,1H3. The van der Waals surface area contributed by atoms with Gasteiger partial charge in [-0.1, -0.05) is 36.4 Å². The molecular weight excluding hydrogens is 402 g/mol. The molecule has 0 saturated carbocycles. The first kappa shape index (κ1) is 20.0. The molecule has 2 aromatic carbocycles. The number of nitrogens with zero attached hydrogens (tertiary/aromatic N) is 3. The molecule has 1 aromatic heterocycles. The lowest BCUT2D eigenvalue weighted by molar-refractivity contribution is -0.137. The van der Waals surface area contributed by atoms with E-state index in [9.17, 15) is 9.59 Å². The van der Waals surface area contributed by atoms with E-state index in [1.807, 2.05) is 65.6 Å². The van der Waals surface area contributed by atoms with Crippen molar-refractivity contribution in [2.24, 2.45) is 0 Å². The van der Waals surface area contributed by atoms with Crippen molar-refractivity contribution in [3.8, 4) is 5.75 Å². The summed E-state index contributed by atoms with van der Waals surface area (Å²) in [6, 6.07) is 20.9. The summed E-state index contributed by atoms with van der Waals surface area (Å²) < 4.78 is 5.27. The van der Waals surface area contributed by atoms with Gasteiger partial charge in [0, 0.05) is 18.4 Å². The summed E-state index contributed by atoms with van der Waals surface area (Å²) >= 11 is 0. The summed E-state index contributed by atoms with van der Waals surface area (Å²) in [5.41, 5.74) is 4.40. The van der Waals surface area contributed by atoms with Crippen LogP contribution in [-0.4, -0.2) is 35.4 Å². The second-order valence-electron chi connectivity index (χ2n) is 7.85. The Morgan fingerprint density at radius 3 is 2.47 bits per heavy atom. The summed E-state index contributed by atoms with van der Waals surface area (Å²) in [5, 5.41) is 0. The normalized spacial score (nSPS) is 15.9. The Kier molecular flexibility index (Phi) is 5.19. The highest BCUT2D eigenvalue weighted by Crippen LogP contribution is 2.38. The van der Waals surface area contributed by atoms with E-state index in [0.717, 1.165) is 18.5 Å². The Labute approximate surface area is 186 Å². The molecule has 2 aliphatic rings. The van der Waals surface area contributed by atoms with Gasteiger partial charge in [-0.05, 0) is 54.3 Å². The Hall–Kier alpha value is -3.93. The highest BCUT2D eigenvalue weighted by molar-refractivity contribution is 6.36. The predicted molar refractivity (Wildman–Crippen MR) is 122 cm³/mol. The number of anilines is 1. The number of rotatable bonds is 5. The van der Waals surface area contributed by atoms with Gasteiger partial charge in [-0.15, -0.1) is 0 Å². The van der Waals surface area contributed by atoms with E-state index in [2.05, 4.69) is 11.1 Å². The summed E-state index contributed by atoms with van der Waals surface area (Å²) in [6.07, 6.45) is 3.54. The molecule has 0 saturated heterocycles. The molecule has 6 heteroatoms. The van der Waals surface area contributed by atoms with Gasteiger partial charge < -0.3 is 9.64 Å². The lowest BCUT2D eigenvalue weighted by atomic mass is 9.98. The molecule has 0 bridgehead atoms. The number of pyridine rings is 1. The maximum atomic E-state index is 13.7. The molecule has 3 aromatic rings. The lowest BCUT2D eigenvalue weighted by Gasteiger charge is -2.32. The van der Waals surface area contributed by atoms with Crippen molar-refractivity contribution in [3.05, 3.63) is 95.4 Å². The Morgan fingerprint density at radius 2 is 1.72 bits per heavy atom. The monoisotopic (exact) mass is 425 g/mol. The van der Waals surface area contributed by atoms with Crippen molar-refractivity contribution >= 4 is 23.1 Å². The molecule has 160 valence electrons. The minimum Gasteiger partial charge on any atom is -0.497 e. The summed E-state index contributed by atoms with van der Waals surface area (Å²) in [4.78, 5) is 34.9. The van der Waals surface area contributed by atoms with E-state index >= 15 is 0 Å². The first-order valence-corrected chi connectivity index (χ1v) is 10.7. The van der Waals surface area contributed by atoms with Crippen molar-refractivity contribution < 1.29 is 14.3 Å². The second-order valence-corrected chi connectivity index (χ2v) is 7.85. The number of methoxy groups -OCH3 is 1. The molecule has 3 heterocycles. The number of imide groups is 1. The number of carbonyl (C=O) groups is 2. The fraction of sp³-hybridized carbons (Fsp3) is 0.192. The van der Waals surface area contributed by atoms with E-state index in [0.29, 0.717) is 34.8 Å². The van der Waals surface area contributed by atoms with E-state index in [-0.39, 0.29) is 18.4 Å². The van der Waals surface area contributed by atoms with Gasteiger partial charge in [0.1, 0.15) is 11.4 Å². The predicted octanol–water partition coefficient (Wildman–Crippen LogP) is 3.82. The molecule has 0 spiro atoms. The van der Waals surface area contributed by atoms with Gasteiger partial charge >= 0.3 is 0 Å². The van der Waals surface area contributed by atoms with Gasteiger partial charge in [0.05, 0.1) is 24.9 Å². The molecule has 0 N–H and O–H groups in total. The molecule has 32 heavy (non-hydrogen) atoms. The van der Waals surface area contributed by atoms with Crippen LogP contribution in [0.1, 0.15) is 23.2 Å². The number of benzene rings is 2. The van der Waals surface area contributed by atoms with Gasteiger partial charge in [0.15, 0.2) is 0 Å². The van der Waals surface area contributed by atoms with E-state index < -0.39 is 0 Å². The Balaban J connectivity index is 1.62. The fourth-order valence-electron chi connectivity index (χ4n) is 4.39. The van der Waals surface area contributed by atoms with Crippen LogP contribution in [0, 0.1) is 0 Å². The largest absolute Gasteiger partial charge is 0.497 e. The molecule has 0 atom stereocenters. The van der Waals surface area contributed by atoms with E-state index in [1.165, 1.54) is 10.5 Å². The lowest BCUT2D eigenvalue weighted by Crippen LogP contribution is -2.37. The van der Waals surface area contributed by atoms with Crippen LogP contribution in [0.15, 0.2) is 78.6 Å². The summed E-state index contributed by atoms with van der Waals surface area (Å²) in [6.45, 7) is 0.819. The van der Waals surface area contributed by atoms with Crippen LogP contribution in [0.4, 0.5) is 5.69 Å². The Bertz CT molecular complexity index is 1200. The Morgan fingerprint density at radius 1 is 0.938 bits per heavy atom. The minimum absolute atomic E-state index is 0.136. The van der Waals surface area contributed by atoms with Crippen LogP contribution < -0.4 is 9.64 Å². The molecule has 5 rings (SSSR count). The van der Waals surface area contributed by atoms with Crippen molar-refractivity contribution in [1.29, 1.82) is 0 Å². The van der Waals surface area contributed by atoms with Crippen molar-refractivity contribution in [1.82, 2.24) is 9.88 Å². The van der Waals surface area contributed by atoms with E-state index in [4.69, 9.17) is 4.74 Å². The molecule has 0 aliphatic carbocycles. The summed E-state index contributed by atoms with van der Waals surface area (Å²) in [7, 11) is 1.60. The third-order valence-electron chi connectivity index (χ3n) is 5.95. The molecule has 0 unspecified atom stereocenters. The van der Waals surface area contributed by atoms with Gasteiger partial charge in [0.2, 0.25) is 0 Å². The number of amides is 2.